The van der Waals surface area contributed by atoms with Gasteiger partial charge in [-0.1, -0.05) is 48.5 Å². The molecule has 0 unspecified atom stereocenters. The Kier molecular flexibility index (Phi) is 3.58. The highest BCUT2D eigenvalue weighted by atomic mass is 16.3. The standard InChI is InChI=1S/C22H18O2/c23-21-9-7-17-5-3-15(11-19(17)13-21)1-2-16-4-6-18-8-10-22(24)14-20(18)12-16/h3-14,23-24H,1-2H2. The third-order valence-corrected chi connectivity index (χ3v) is 4.48. The predicted octanol–water partition coefficient (Wildman–Crippen LogP) is 5.19. The van der Waals surface area contributed by atoms with Crippen LogP contribution in [0, 0.1) is 0 Å². The van der Waals surface area contributed by atoms with Gasteiger partial charge in [0, 0.05) is 0 Å². The van der Waals surface area contributed by atoms with Crippen LogP contribution in [0.15, 0.2) is 72.8 Å². The second-order valence-corrected chi connectivity index (χ2v) is 6.23. The molecule has 0 bridgehead atoms. The van der Waals surface area contributed by atoms with E-state index in [1.54, 1.807) is 24.3 Å². The van der Waals surface area contributed by atoms with E-state index < -0.39 is 0 Å². The van der Waals surface area contributed by atoms with E-state index in [1.807, 2.05) is 12.1 Å². The van der Waals surface area contributed by atoms with E-state index in [-0.39, 0.29) is 0 Å². The molecule has 24 heavy (non-hydrogen) atoms. The van der Waals surface area contributed by atoms with Gasteiger partial charge in [0.1, 0.15) is 11.5 Å². The summed E-state index contributed by atoms with van der Waals surface area (Å²) < 4.78 is 0. The third kappa shape index (κ3) is 2.91. The van der Waals surface area contributed by atoms with Crippen molar-refractivity contribution in [1.82, 2.24) is 0 Å². The summed E-state index contributed by atoms with van der Waals surface area (Å²) in [7, 11) is 0. The van der Waals surface area contributed by atoms with Crippen LogP contribution in [0.2, 0.25) is 0 Å². The van der Waals surface area contributed by atoms with Gasteiger partial charge in [-0.05, 0) is 69.8 Å². The van der Waals surface area contributed by atoms with Crippen molar-refractivity contribution in [3.63, 3.8) is 0 Å². The summed E-state index contributed by atoms with van der Waals surface area (Å²) >= 11 is 0. The Hall–Kier alpha value is -3.00. The van der Waals surface area contributed by atoms with E-state index in [0.717, 1.165) is 34.4 Å². The number of rotatable bonds is 3. The molecule has 0 spiro atoms. The smallest absolute Gasteiger partial charge is 0.116 e. The quantitative estimate of drug-likeness (QED) is 0.546. The Morgan fingerprint density at radius 3 is 1.33 bits per heavy atom. The van der Waals surface area contributed by atoms with E-state index in [2.05, 4.69) is 36.4 Å². The molecule has 0 saturated carbocycles. The van der Waals surface area contributed by atoms with Crippen LogP contribution in [0.4, 0.5) is 0 Å². The Morgan fingerprint density at radius 1 is 0.458 bits per heavy atom. The molecule has 0 aliphatic carbocycles. The first kappa shape index (κ1) is 14.6. The molecule has 0 fully saturated rings. The summed E-state index contributed by atoms with van der Waals surface area (Å²) in [6.45, 7) is 0. The van der Waals surface area contributed by atoms with E-state index in [9.17, 15) is 10.2 Å². The summed E-state index contributed by atoms with van der Waals surface area (Å²) in [5, 5.41) is 23.7. The molecule has 0 amide bonds. The van der Waals surface area contributed by atoms with Crippen LogP contribution in [0.1, 0.15) is 11.1 Å². The normalized spacial score (nSPS) is 11.2. The Bertz CT molecular complexity index is 949. The van der Waals surface area contributed by atoms with Crippen molar-refractivity contribution in [3.05, 3.63) is 83.9 Å². The van der Waals surface area contributed by atoms with Crippen LogP contribution in [-0.2, 0) is 12.8 Å². The largest absolute Gasteiger partial charge is 0.508 e. The fourth-order valence-electron chi connectivity index (χ4n) is 3.17. The maximum atomic E-state index is 9.63. The summed E-state index contributed by atoms with van der Waals surface area (Å²) in [6.07, 6.45) is 1.88. The van der Waals surface area contributed by atoms with Gasteiger partial charge in [-0.3, -0.25) is 0 Å². The molecule has 0 aliphatic rings. The minimum absolute atomic E-state index is 0.300. The number of benzene rings is 4. The Morgan fingerprint density at radius 2 is 0.875 bits per heavy atom. The van der Waals surface area contributed by atoms with Crippen molar-refractivity contribution < 1.29 is 10.2 Å². The average molecular weight is 314 g/mol. The van der Waals surface area contributed by atoms with Crippen LogP contribution < -0.4 is 0 Å². The zero-order chi connectivity index (χ0) is 16.5. The Balaban J connectivity index is 1.58. The van der Waals surface area contributed by atoms with Crippen molar-refractivity contribution in [2.24, 2.45) is 0 Å². The number of phenolic OH excluding ortho intramolecular Hbond substituents is 2. The second-order valence-electron chi connectivity index (χ2n) is 6.23. The minimum atomic E-state index is 0.300. The van der Waals surface area contributed by atoms with E-state index in [4.69, 9.17) is 0 Å². The van der Waals surface area contributed by atoms with Crippen molar-refractivity contribution in [1.29, 1.82) is 0 Å². The lowest BCUT2D eigenvalue weighted by atomic mass is 9.99. The number of phenols is 2. The summed E-state index contributed by atoms with van der Waals surface area (Å²) in [4.78, 5) is 0. The third-order valence-electron chi connectivity index (χ3n) is 4.48. The number of fused-ring (bicyclic) bond motifs is 2. The Labute approximate surface area is 140 Å². The number of hydrogen-bond donors (Lipinski definition) is 2. The lowest BCUT2D eigenvalue weighted by molar-refractivity contribution is 0.475. The minimum Gasteiger partial charge on any atom is -0.508 e. The van der Waals surface area contributed by atoms with Crippen molar-refractivity contribution in [2.75, 3.05) is 0 Å². The molecule has 4 aromatic carbocycles. The summed E-state index contributed by atoms with van der Waals surface area (Å²) in [5.41, 5.74) is 2.51. The highest BCUT2D eigenvalue weighted by molar-refractivity contribution is 5.85. The van der Waals surface area contributed by atoms with Gasteiger partial charge in [-0.25, -0.2) is 0 Å². The first-order chi connectivity index (χ1) is 11.7. The highest BCUT2D eigenvalue weighted by Gasteiger charge is 2.02. The van der Waals surface area contributed by atoms with Gasteiger partial charge in [-0.2, -0.15) is 0 Å². The molecular formula is C22H18O2. The van der Waals surface area contributed by atoms with Crippen molar-refractivity contribution in [2.45, 2.75) is 12.8 Å². The molecule has 0 atom stereocenters. The van der Waals surface area contributed by atoms with Crippen molar-refractivity contribution in [3.8, 4) is 11.5 Å². The molecule has 4 aromatic rings. The van der Waals surface area contributed by atoms with Crippen LogP contribution in [-0.4, -0.2) is 10.2 Å². The predicted molar refractivity (Wildman–Crippen MR) is 98.6 cm³/mol. The molecular weight excluding hydrogens is 296 g/mol. The van der Waals surface area contributed by atoms with E-state index in [1.165, 1.54) is 11.1 Å². The van der Waals surface area contributed by atoms with Gasteiger partial charge in [0.2, 0.25) is 0 Å². The lowest BCUT2D eigenvalue weighted by Gasteiger charge is -2.07. The van der Waals surface area contributed by atoms with E-state index in [0.29, 0.717) is 11.5 Å². The molecule has 0 saturated heterocycles. The van der Waals surface area contributed by atoms with Gasteiger partial charge in [-0.15, -0.1) is 0 Å². The van der Waals surface area contributed by atoms with Crippen LogP contribution in [0.5, 0.6) is 11.5 Å². The van der Waals surface area contributed by atoms with E-state index >= 15 is 0 Å². The van der Waals surface area contributed by atoms with Gasteiger partial charge < -0.3 is 10.2 Å². The maximum Gasteiger partial charge on any atom is 0.116 e. The molecule has 0 aliphatic heterocycles. The van der Waals surface area contributed by atoms with Gasteiger partial charge in [0.05, 0.1) is 0 Å². The topological polar surface area (TPSA) is 40.5 Å². The molecule has 2 heteroatoms. The molecule has 0 aromatic heterocycles. The molecule has 0 radical (unpaired) electrons. The number of hydrogen-bond acceptors (Lipinski definition) is 2. The maximum absolute atomic E-state index is 9.63. The molecule has 4 rings (SSSR count). The first-order valence-corrected chi connectivity index (χ1v) is 8.11. The molecule has 2 N–H and O–H groups in total. The van der Waals surface area contributed by atoms with Crippen molar-refractivity contribution >= 4 is 21.5 Å². The van der Waals surface area contributed by atoms with Crippen LogP contribution in [0.25, 0.3) is 21.5 Å². The monoisotopic (exact) mass is 314 g/mol. The van der Waals surface area contributed by atoms with Gasteiger partial charge in [0.15, 0.2) is 0 Å². The SMILES string of the molecule is Oc1ccc2ccc(CCc3ccc4ccc(O)cc4c3)cc2c1. The van der Waals surface area contributed by atoms with Crippen LogP contribution >= 0.6 is 0 Å². The summed E-state index contributed by atoms with van der Waals surface area (Å²) in [5.74, 6) is 0.600. The van der Waals surface area contributed by atoms with Gasteiger partial charge in [0.25, 0.3) is 0 Å². The molecule has 118 valence electrons. The van der Waals surface area contributed by atoms with Gasteiger partial charge >= 0.3 is 0 Å². The van der Waals surface area contributed by atoms with Crippen LogP contribution in [0.3, 0.4) is 0 Å². The zero-order valence-electron chi connectivity index (χ0n) is 13.2. The second kappa shape index (κ2) is 5.89. The molecule has 2 nitrogen and oxygen atoms in total. The average Bonchev–Trinajstić information content (AvgIpc) is 2.59. The molecule has 0 heterocycles. The number of aryl methyl sites for hydroxylation is 2. The number of aromatic hydroxyl groups is 2. The fraction of sp³-hybridized carbons (Fsp3) is 0.0909. The highest BCUT2D eigenvalue weighted by Crippen LogP contribution is 2.24. The summed E-state index contributed by atoms with van der Waals surface area (Å²) in [6, 6.07) is 23.7. The lowest BCUT2D eigenvalue weighted by Crippen LogP contribution is -1.91. The first-order valence-electron chi connectivity index (χ1n) is 8.11. The fourth-order valence-corrected chi connectivity index (χ4v) is 3.17. The zero-order valence-corrected chi connectivity index (χ0v) is 13.2.